The van der Waals surface area contributed by atoms with Crippen molar-refractivity contribution in [1.29, 1.82) is 0 Å². The number of nitrogens with two attached hydrogens (primary N) is 1. The first-order valence-corrected chi connectivity index (χ1v) is 5.88. The molecule has 15 heavy (non-hydrogen) atoms. The predicted molar refractivity (Wildman–Crippen MR) is 60.2 cm³/mol. The van der Waals surface area contributed by atoms with E-state index in [9.17, 15) is 0 Å². The zero-order valence-electron chi connectivity index (χ0n) is 9.10. The molecule has 3 nitrogen and oxygen atoms in total. The molecule has 1 saturated carbocycles. The molecule has 0 radical (unpaired) electrons. The molecule has 1 aromatic heterocycles. The van der Waals surface area contributed by atoms with E-state index >= 15 is 0 Å². The highest BCUT2D eigenvalue weighted by molar-refractivity contribution is 5.01. The third-order valence-corrected chi connectivity index (χ3v) is 3.28. The lowest BCUT2D eigenvalue weighted by molar-refractivity contribution is 0.317. The lowest BCUT2D eigenvalue weighted by Crippen LogP contribution is -2.18. The summed E-state index contributed by atoms with van der Waals surface area (Å²) in [5.74, 6) is 0.802. The molecule has 2 N–H and O–H groups in total. The van der Waals surface area contributed by atoms with E-state index in [0.717, 1.165) is 18.0 Å². The van der Waals surface area contributed by atoms with Crippen molar-refractivity contribution in [3.05, 3.63) is 24.3 Å². The monoisotopic (exact) mass is 205 g/mol. The van der Waals surface area contributed by atoms with Gasteiger partial charge in [0.15, 0.2) is 0 Å². The molecule has 0 saturated heterocycles. The number of hydrogen-bond acceptors (Lipinski definition) is 3. The van der Waals surface area contributed by atoms with Crippen molar-refractivity contribution >= 4 is 0 Å². The summed E-state index contributed by atoms with van der Waals surface area (Å²) in [4.78, 5) is 8.31. The minimum atomic E-state index is 0.0711. The molecule has 1 heterocycles. The Balaban J connectivity index is 1.88. The van der Waals surface area contributed by atoms with E-state index in [1.54, 1.807) is 18.6 Å². The largest absolute Gasteiger partial charge is 0.323 e. The first kappa shape index (κ1) is 10.6. The summed E-state index contributed by atoms with van der Waals surface area (Å²) in [7, 11) is 0. The van der Waals surface area contributed by atoms with Crippen LogP contribution in [0.15, 0.2) is 18.6 Å². The van der Waals surface area contributed by atoms with Crippen LogP contribution in [0.3, 0.4) is 0 Å². The molecule has 82 valence electrons. The fraction of sp³-hybridized carbons (Fsp3) is 0.667. The maximum Gasteiger partial charge on any atom is 0.0753 e. The Labute approximate surface area is 91.1 Å². The minimum absolute atomic E-state index is 0.0711. The van der Waals surface area contributed by atoms with E-state index < -0.39 is 0 Å². The van der Waals surface area contributed by atoms with Crippen LogP contribution in [0.2, 0.25) is 0 Å². The van der Waals surface area contributed by atoms with Gasteiger partial charge < -0.3 is 5.73 Å². The molecule has 1 fully saturated rings. The minimum Gasteiger partial charge on any atom is -0.323 e. The Morgan fingerprint density at radius 2 is 2.07 bits per heavy atom. The van der Waals surface area contributed by atoms with E-state index in [1.165, 1.54) is 32.1 Å². The first-order chi connectivity index (χ1) is 7.36. The van der Waals surface area contributed by atoms with Gasteiger partial charge in [-0.3, -0.25) is 9.97 Å². The van der Waals surface area contributed by atoms with Gasteiger partial charge in [0.25, 0.3) is 0 Å². The summed E-state index contributed by atoms with van der Waals surface area (Å²) >= 11 is 0. The van der Waals surface area contributed by atoms with Gasteiger partial charge in [-0.15, -0.1) is 0 Å². The Bertz CT molecular complexity index is 280. The molecule has 1 aromatic rings. The normalized spacial score (nSPS) is 20.1. The molecule has 2 rings (SSSR count). The topological polar surface area (TPSA) is 51.8 Å². The fourth-order valence-corrected chi connectivity index (χ4v) is 2.40. The van der Waals surface area contributed by atoms with Crippen LogP contribution in [0.1, 0.15) is 50.3 Å². The van der Waals surface area contributed by atoms with Gasteiger partial charge in [-0.1, -0.05) is 32.1 Å². The van der Waals surface area contributed by atoms with Gasteiger partial charge in [-0.05, 0) is 12.3 Å². The van der Waals surface area contributed by atoms with Gasteiger partial charge in [0.1, 0.15) is 0 Å². The highest BCUT2D eigenvalue weighted by atomic mass is 14.8. The second kappa shape index (κ2) is 5.21. The molecule has 3 heteroatoms. The molecule has 0 aliphatic heterocycles. The number of rotatable bonds is 3. The van der Waals surface area contributed by atoms with Crippen LogP contribution in [-0.2, 0) is 0 Å². The second-order valence-corrected chi connectivity index (χ2v) is 4.48. The third kappa shape index (κ3) is 2.99. The lowest BCUT2D eigenvalue weighted by Gasteiger charge is -2.24. The summed E-state index contributed by atoms with van der Waals surface area (Å²) in [6.07, 6.45) is 13.1. The van der Waals surface area contributed by atoms with Gasteiger partial charge in [0, 0.05) is 24.6 Å². The van der Waals surface area contributed by atoms with E-state index in [0.29, 0.717) is 0 Å². The fourth-order valence-electron chi connectivity index (χ4n) is 2.40. The van der Waals surface area contributed by atoms with Crippen molar-refractivity contribution in [2.24, 2.45) is 11.7 Å². The SMILES string of the molecule is NC(CC1CCCCC1)c1cnccn1. The molecule has 0 bridgehead atoms. The van der Waals surface area contributed by atoms with Crippen molar-refractivity contribution in [1.82, 2.24) is 9.97 Å². The highest BCUT2D eigenvalue weighted by Crippen LogP contribution is 2.29. The average molecular weight is 205 g/mol. The van der Waals surface area contributed by atoms with Crippen LogP contribution < -0.4 is 5.73 Å². The molecule has 1 unspecified atom stereocenters. The van der Waals surface area contributed by atoms with Crippen LogP contribution in [-0.4, -0.2) is 9.97 Å². The van der Waals surface area contributed by atoms with Crippen molar-refractivity contribution < 1.29 is 0 Å². The third-order valence-electron chi connectivity index (χ3n) is 3.28. The molecule has 0 spiro atoms. The lowest BCUT2D eigenvalue weighted by atomic mass is 9.84. The number of hydrogen-bond donors (Lipinski definition) is 1. The predicted octanol–water partition coefficient (Wildman–Crippen LogP) is 2.45. The summed E-state index contributed by atoms with van der Waals surface area (Å²) in [6.45, 7) is 0. The second-order valence-electron chi connectivity index (χ2n) is 4.48. The van der Waals surface area contributed by atoms with Gasteiger partial charge in [0.05, 0.1) is 5.69 Å². The van der Waals surface area contributed by atoms with E-state index in [4.69, 9.17) is 5.73 Å². The van der Waals surface area contributed by atoms with Crippen LogP contribution in [0.25, 0.3) is 0 Å². The number of aromatic nitrogens is 2. The van der Waals surface area contributed by atoms with E-state index in [-0.39, 0.29) is 6.04 Å². The Kier molecular flexibility index (Phi) is 3.67. The van der Waals surface area contributed by atoms with Gasteiger partial charge in [0.2, 0.25) is 0 Å². The Morgan fingerprint density at radius 1 is 1.27 bits per heavy atom. The Hall–Kier alpha value is -0.960. The zero-order valence-corrected chi connectivity index (χ0v) is 9.10. The van der Waals surface area contributed by atoms with Crippen molar-refractivity contribution in [3.8, 4) is 0 Å². The standard InChI is InChI=1S/C12H19N3/c13-11(12-9-14-6-7-15-12)8-10-4-2-1-3-5-10/h6-7,9-11H,1-5,8,13H2. The number of nitrogens with zero attached hydrogens (tertiary/aromatic N) is 2. The highest BCUT2D eigenvalue weighted by Gasteiger charge is 2.18. The molecule has 1 aliphatic carbocycles. The van der Waals surface area contributed by atoms with Crippen LogP contribution in [0.5, 0.6) is 0 Å². The van der Waals surface area contributed by atoms with E-state index in [2.05, 4.69) is 9.97 Å². The molecule has 0 aromatic carbocycles. The maximum atomic E-state index is 6.12. The summed E-state index contributed by atoms with van der Waals surface area (Å²) in [6, 6.07) is 0.0711. The van der Waals surface area contributed by atoms with Crippen molar-refractivity contribution in [2.75, 3.05) is 0 Å². The van der Waals surface area contributed by atoms with Gasteiger partial charge in [-0.2, -0.15) is 0 Å². The molecular weight excluding hydrogens is 186 g/mol. The maximum absolute atomic E-state index is 6.12. The van der Waals surface area contributed by atoms with Gasteiger partial charge >= 0.3 is 0 Å². The van der Waals surface area contributed by atoms with Crippen molar-refractivity contribution in [3.63, 3.8) is 0 Å². The molecule has 1 atom stereocenters. The first-order valence-electron chi connectivity index (χ1n) is 5.88. The van der Waals surface area contributed by atoms with Gasteiger partial charge in [-0.25, -0.2) is 0 Å². The van der Waals surface area contributed by atoms with Crippen LogP contribution in [0.4, 0.5) is 0 Å². The summed E-state index contributed by atoms with van der Waals surface area (Å²) in [5, 5.41) is 0. The quantitative estimate of drug-likeness (QED) is 0.824. The summed E-state index contributed by atoms with van der Waals surface area (Å²) < 4.78 is 0. The molecular formula is C12H19N3. The van der Waals surface area contributed by atoms with E-state index in [1.807, 2.05) is 0 Å². The zero-order chi connectivity index (χ0) is 10.5. The van der Waals surface area contributed by atoms with Crippen LogP contribution in [0, 0.1) is 5.92 Å². The average Bonchev–Trinajstić information content (AvgIpc) is 2.31. The molecule has 0 amide bonds. The van der Waals surface area contributed by atoms with Crippen LogP contribution >= 0.6 is 0 Å². The Morgan fingerprint density at radius 3 is 2.73 bits per heavy atom. The van der Waals surface area contributed by atoms with Crippen molar-refractivity contribution in [2.45, 2.75) is 44.6 Å². The summed E-state index contributed by atoms with van der Waals surface area (Å²) in [5.41, 5.74) is 7.06. The smallest absolute Gasteiger partial charge is 0.0753 e. The molecule has 1 aliphatic rings.